The monoisotopic (exact) mass is 266 g/mol. The van der Waals surface area contributed by atoms with Crippen LogP contribution in [0.2, 0.25) is 0 Å². The number of carboxylic acid groups (broad SMARTS) is 1. The molecule has 0 bridgehead atoms. The van der Waals surface area contributed by atoms with Crippen LogP contribution in [0.15, 0.2) is 17.4 Å². The van der Waals surface area contributed by atoms with Gasteiger partial charge >= 0.3 is 5.97 Å². The number of nitrogens with zero attached hydrogens (tertiary/aromatic N) is 3. The molecule has 2 N–H and O–H groups in total. The van der Waals surface area contributed by atoms with Crippen molar-refractivity contribution in [3.63, 3.8) is 0 Å². The van der Waals surface area contributed by atoms with Crippen molar-refractivity contribution in [3.05, 3.63) is 12.3 Å². The fraction of sp³-hybridized carbons (Fsp3) is 0.455. The van der Waals surface area contributed by atoms with Crippen molar-refractivity contribution in [1.29, 1.82) is 0 Å². The van der Waals surface area contributed by atoms with E-state index in [-0.39, 0.29) is 18.2 Å². The summed E-state index contributed by atoms with van der Waals surface area (Å²) < 4.78 is 1.64. The Hall–Kier alpha value is -2.38. The summed E-state index contributed by atoms with van der Waals surface area (Å²) in [6, 6.07) is 1.76. The molecule has 1 atom stereocenters. The normalized spacial score (nSPS) is 18.1. The van der Waals surface area contributed by atoms with Crippen molar-refractivity contribution in [1.82, 2.24) is 9.78 Å². The number of amides is 1. The fourth-order valence-electron chi connectivity index (χ4n) is 1.68. The SMILES string of the molecule is CC(C)n1nccc1NC(=O)C1CC(C(=O)O)=NO1. The molecular formula is C11H14N4O4. The molecule has 2 heterocycles. The van der Waals surface area contributed by atoms with Gasteiger partial charge in [-0.15, -0.1) is 0 Å². The van der Waals surface area contributed by atoms with Gasteiger partial charge < -0.3 is 15.3 Å². The van der Waals surface area contributed by atoms with Crippen LogP contribution in [0.4, 0.5) is 5.82 Å². The molecule has 0 saturated carbocycles. The highest BCUT2D eigenvalue weighted by molar-refractivity contribution is 6.36. The van der Waals surface area contributed by atoms with Gasteiger partial charge in [0.05, 0.1) is 6.20 Å². The average Bonchev–Trinajstić information content (AvgIpc) is 2.96. The van der Waals surface area contributed by atoms with Gasteiger partial charge in [-0.1, -0.05) is 5.16 Å². The summed E-state index contributed by atoms with van der Waals surface area (Å²) in [7, 11) is 0. The first-order chi connectivity index (χ1) is 8.99. The first-order valence-electron chi connectivity index (χ1n) is 5.79. The zero-order valence-electron chi connectivity index (χ0n) is 10.5. The lowest BCUT2D eigenvalue weighted by atomic mass is 10.2. The first-order valence-corrected chi connectivity index (χ1v) is 5.79. The van der Waals surface area contributed by atoms with Crippen molar-refractivity contribution in [3.8, 4) is 0 Å². The topological polar surface area (TPSA) is 106 Å². The maximum absolute atomic E-state index is 11.9. The standard InChI is InChI=1S/C11H14N4O4/c1-6(2)15-9(3-4-12-15)13-10(16)8-5-7(11(17)18)14-19-8/h3-4,6,8H,5H2,1-2H3,(H,13,16)(H,17,18). The van der Waals surface area contributed by atoms with Crippen molar-refractivity contribution in [2.45, 2.75) is 32.4 Å². The zero-order chi connectivity index (χ0) is 14.0. The number of anilines is 1. The van der Waals surface area contributed by atoms with Crippen LogP contribution in [0.3, 0.4) is 0 Å². The van der Waals surface area contributed by atoms with Gasteiger partial charge in [-0.3, -0.25) is 4.79 Å². The number of carbonyl (C=O) groups excluding carboxylic acids is 1. The van der Waals surface area contributed by atoms with E-state index < -0.39 is 18.0 Å². The number of rotatable bonds is 4. The molecule has 1 aromatic rings. The predicted octanol–water partition coefficient (Wildman–Crippen LogP) is 0.632. The van der Waals surface area contributed by atoms with Gasteiger partial charge in [-0.05, 0) is 13.8 Å². The van der Waals surface area contributed by atoms with Crippen molar-refractivity contribution >= 4 is 23.4 Å². The van der Waals surface area contributed by atoms with Crippen LogP contribution in [0, 0.1) is 0 Å². The molecule has 1 unspecified atom stereocenters. The number of nitrogens with one attached hydrogen (secondary N) is 1. The van der Waals surface area contributed by atoms with Crippen LogP contribution in [0.1, 0.15) is 26.3 Å². The second-order valence-corrected chi connectivity index (χ2v) is 4.39. The molecule has 1 amide bonds. The van der Waals surface area contributed by atoms with E-state index >= 15 is 0 Å². The number of oxime groups is 1. The maximum atomic E-state index is 11.9. The number of carboxylic acids is 1. The Morgan fingerprint density at radius 3 is 2.89 bits per heavy atom. The van der Waals surface area contributed by atoms with Crippen LogP contribution >= 0.6 is 0 Å². The highest BCUT2D eigenvalue weighted by atomic mass is 16.6. The van der Waals surface area contributed by atoms with E-state index in [9.17, 15) is 9.59 Å². The lowest BCUT2D eigenvalue weighted by molar-refractivity contribution is -0.129. The summed E-state index contributed by atoms with van der Waals surface area (Å²) in [6.45, 7) is 3.86. The van der Waals surface area contributed by atoms with Crippen LogP contribution < -0.4 is 5.32 Å². The summed E-state index contributed by atoms with van der Waals surface area (Å²) >= 11 is 0. The molecule has 0 spiro atoms. The first kappa shape index (κ1) is 13.1. The molecule has 0 radical (unpaired) electrons. The summed E-state index contributed by atoms with van der Waals surface area (Å²) in [5.41, 5.74) is -0.155. The van der Waals surface area contributed by atoms with E-state index in [4.69, 9.17) is 9.94 Å². The number of hydrogen-bond acceptors (Lipinski definition) is 5. The molecule has 1 aliphatic heterocycles. The van der Waals surface area contributed by atoms with Gasteiger partial charge in [-0.25, -0.2) is 9.48 Å². The van der Waals surface area contributed by atoms with Gasteiger partial charge in [0.2, 0.25) is 6.10 Å². The van der Waals surface area contributed by atoms with Crippen LogP contribution in [0.25, 0.3) is 0 Å². The number of aromatic nitrogens is 2. The molecule has 8 nitrogen and oxygen atoms in total. The molecular weight excluding hydrogens is 252 g/mol. The molecule has 0 aromatic carbocycles. The van der Waals surface area contributed by atoms with Gasteiger partial charge in [0.15, 0.2) is 5.71 Å². The Morgan fingerprint density at radius 1 is 1.58 bits per heavy atom. The van der Waals surface area contributed by atoms with Crippen molar-refractivity contribution in [2.75, 3.05) is 5.32 Å². The molecule has 19 heavy (non-hydrogen) atoms. The Morgan fingerprint density at radius 2 is 2.32 bits per heavy atom. The van der Waals surface area contributed by atoms with Gasteiger partial charge in [0.25, 0.3) is 5.91 Å². The number of aliphatic carboxylic acids is 1. The maximum Gasteiger partial charge on any atom is 0.353 e. The Kier molecular flexibility index (Phi) is 3.50. The minimum Gasteiger partial charge on any atom is -0.477 e. The largest absolute Gasteiger partial charge is 0.477 e. The molecule has 1 aromatic heterocycles. The third kappa shape index (κ3) is 2.72. The third-order valence-electron chi connectivity index (χ3n) is 2.62. The third-order valence-corrected chi connectivity index (χ3v) is 2.62. The summed E-state index contributed by atoms with van der Waals surface area (Å²) in [6.07, 6.45) is 0.614. The van der Waals surface area contributed by atoms with Crippen LogP contribution in [-0.4, -0.2) is 38.6 Å². The Bertz CT molecular complexity index is 535. The van der Waals surface area contributed by atoms with Gasteiger partial charge in [0, 0.05) is 18.5 Å². The Labute approximate surface area is 109 Å². The molecule has 0 saturated heterocycles. The van der Waals surface area contributed by atoms with Crippen molar-refractivity contribution in [2.24, 2.45) is 5.16 Å². The number of hydrogen-bond donors (Lipinski definition) is 2. The molecule has 0 fully saturated rings. The van der Waals surface area contributed by atoms with Crippen molar-refractivity contribution < 1.29 is 19.5 Å². The fourth-order valence-corrected chi connectivity index (χ4v) is 1.68. The minimum absolute atomic E-state index is 0.0447. The lowest BCUT2D eigenvalue weighted by Gasteiger charge is -2.13. The highest BCUT2D eigenvalue weighted by Gasteiger charge is 2.32. The van der Waals surface area contributed by atoms with Crippen LogP contribution in [0.5, 0.6) is 0 Å². The van der Waals surface area contributed by atoms with E-state index in [1.165, 1.54) is 0 Å². The molecule has 8 heteroatoms. The summed E-state index contributed by atoms with van der Waals surface area (Å²) in [5, 5.41) is 18.8. The van der Waals surface area contributed by atoms with Gasteiger partial charge in [-0.2, -0.15) is 5.10 Å². The molecule has 0 aliphatic carbocycles. The summed E-state index contributed by atoms with van der Waals surface area (Å²) in [5.74, 6) is -1.09. The van der Waals surface area contributed by atoms with E-state index in [1.54, 1.807) is 16.9 Å². The second kappa shape index (κ2) is 5.09. The van der Waals surface area contributed by atoms with Crippen LogP contribution in [-0.2, 0) is 14.4 Å². The van der Waals surface area contributed by atoms with E-state index in [0.717, 1.165) is 0 Å². The van der Waals surface area contributed by atoms with E-state index in [2.05, 4.69) is 15.6 Å². The second-order valence-electron chi connectivity index (χ2n) is 4.39. The zero-order valence-corrected chi connectivity index (χ0v) is 10.5. The number of carbonyl (C=O) groups is 2. The van der Waals surface area contributed by atoms with E-state index in [1.807, 2.05) is 13.8 Å². The highest BCUT2D eigenvalue weighted by Crippen LogP contribution is 2.16. The lowest BCUT2D eigenvalue weighted by Crippen LogP contribution is -2.30. The quantitative estimate of drug-likeness (QED) is 0.831. The molecule has 1 aliphatic rings. The predicted molar refractivity (Wildman–Crippen MR) is 65.8 cm³/mol. The van der Waals surface area contributed by atoms with E-state index in [0.29, 0.717) is 5.82 Å². The average molecular weight is 266 g/mol. The molecule has 2 rings (SSSR count). The summed E-state index contributed by atoms with van der Waals surface area (Å²) in [4.78, 5) is 27.4. The Balaban J connectivity index is 1.99. The smallest absolute Gasteiger partial charge is 0.353 e. The molecule has 102 valence electrons. The van der Waals surface area contributed by atoms with Gasteiger partial charge in [0.1, 0.15) is 5.82 Å². The minimum atomic E-state index is -1.18.